The molecule has 114 valence electrons. The Bertz CT molecular complexity index is 972. The summed E-state index contributed by atoms with van der Waals surface area (Å²) >= 11 is 0. The van der Waals surface area contributed by atoms with Gasteiger partial charge in [0.25, 0.3) is 0 Å². The Kier molecular flexibility index (Phi) is 3.46. The smallest absolute Gasteiger partial charge is 0.119 e. The van der Waals surface area contributed by atoms with E-state index in [4.69, 9.17) is 4.74 Å². The Morgan fingerprint density at radius 2 is 1.96 bits per heavy atom. The topological polar surface area (TPSA) is 27.1 Å². The molecule has 0 radical (unpaired) electrons. The molecule has 2 aromatic carbocycles. The molecule has 0 bridgehead atoms. The Balaban J connectivity index is 1.70. The maximum absolute atomic E-state index is 5.30. The molecule has 0 unspecified atom stereocenters. The van der Waals surface area contributed by atoms with Gasteiger partial charge in [0.1, 0.15) is 5.75 Å². The molecule has 0 fully saturated rings. The molecule has 3 nitrogen and oxygen atoms in total. The van der Waals surface area contributed by atoms with Crippen LogP contribution in [-0.2, 0) is 13.0 Å². The number of benzene rings is 2. The molecule has 0 aliphatic carbocycles. The monoisotopic (exact) mass is 302 g/mol. The Morgan fingerprint density at radius 1 is 1.04 bits per heavy atom. The van der Waals surface area contributed by atoms with Crippen LogP contribution in [0, 0.1) is 0 Å². The highest BCUT2D eigenvalue weighted by Gasteiger charge is 2.07. The van der Waals surface area contributed by atoms with E-state index in [-0.39, 0.29) is 0 Å². The SMILES string of the molecule is COc1cccc(CCn2ccc3cnc4ccccc4c32)c1. The van der Waals surface area contributed by atoms with E-state index in [1.165, 1.54) is 21.9 Å². The van der Waals surface area contributed by atoms with Gasteiger partial charge in [-0.3, -0.25) is 4.98 Å². The minimum Gasteiger partial charge on any atom is -0.497 e. The summed E-state index contributed by atoms with van der Waals surface area (Å²) in [4.78, 5) is 4.53. The molecule has 2 aromatic heterocycles. The van der Waals surface area contributed by atoms with E-state index < -0.39 is 0 Å². The number of hydrogen-bond donors (Lipinski definition) is 0. The summed E-state index contributed by atoms with van der Waals surface area (Å²) in [5, 5.41) is 2.40. The maximum atomic E-state index is 5.30. The van der Waals surface area contributed by atoms with Crippen molar-refractivity contribution in [1.82, 2.24) is 9.55 Å². The molecule has 0 atom stereocenters. The van der Waals surface area contributed by atoms with E-state index in [9.17, 15) is 0 Å². The van der Waals surface area contributed by atoms with Crippen molar-refractivity contribution in [3.63, 3.8) is 0 Å². The van der Waals surface area contributed by atoms with Crippen molar-refractivity contribution in [2.24, 2.45) is 0 Å². The number of hydrogen-bond acceptors (Lipinski definition) is 2. The summed E-state index contributed by atoms with van der Waals surface area (Å²) in [5.41, 5.74) is 3.59. The van der Waals surface area contributed by atoms with Crippen LogP contribution in [0.4, 0.5) is 0 Å². The van der Waals surface area contributed by atoms with Crippen molar-refractivity contribution in [2.75, 3.05) is 7.11 Å². The Labute approximate surface area is 135 Å². The molecular weight excluding hydrogens is 284 g/mol. The molecule has 0 aliphatic rings. The van der Waals surface area contributed by atoms with Gasteiger partial charge in [-0.2, -0.15) is 0 Å². The van der Waals surface area contributed by atoms with Crippen LogP contribution < -0.4 is 4.74 Å². The second kappa shape index (κ2) is 5.76. The van der Waals surface area contributed by atoms with Crippen molar-refractivity contribution in [1.29, 1.82) is 0 Å². The second-order valence-electron chi connectivity index (χ2n) is 5.69. The first kappa shape index (κ1) is 13.8. The normalized spacial score (nSPS) is 11.2. The summed E-state index contributed by atoms with van der Waals surface area (Å²) < 4.78 is 7.62. The standard InChI is InChI=1S/C20H18N2O/c1-23-17-6-4-5-15(13-17)9-11-22-12-10-16-14-21-19-8-3-2-7-18(19)20(16)22/h2-8,10,12-14H,9,11H2,1H3. The van der Waals surface area contributed by atoms with Crippen molar-refractivity contribution < 1.29 is 4.74 Å². The van der Waals surface area contributed by atoms with Gasteiger partial charge in [0, 0.05) is 29.7 Å². The lowest BCUT2D eigenvalue weighted by atomic mass is 10.1. The predicted octanol–water partition coefficient (Wildman–Crippen LogP) is 4.44. The number of fused-ring (bicyclic) bond motifs is 3. The van der Waals surface area contributed by atoms with Gasteiger partial charge in [0.05, 0.1) is 18.1 Å². The average molecular weight is 302 g/mol. The van der Waals surface area contributed by atoms with Gasteiger partial charge in [-0.15, -0.1) is 0 Å². The number of para-hydroxylation sites is 1. The minimum atomic E-state index is 0.912. The van der Waals surface area contributed by atoms with Gasteiger partial charge in [0.15, 0.2) is 0 Å². The molecule has 3 heteroatoms. The number of nitrogens with zero attached hydrogens (tertiary/aromatic N) is 2. The van der Waals surface area contributed by atoms with Gasteiger partial charge in [-0.1, -0.05) is 30.3 Å². The van der Waals surface area contributed by atoms with Crippen molar-refractivity contribution >= 4 is 21.8 Å². The molecule has 0 saturated carbocycles. The van der Waals surface area contributed by atoms with Gasteiger partial charge < -0.3 is 9.30 Å². The number of ether oxygens (including phenoxy) is 1. The van der Waals surface area contributed by atoms with Crippen LogP contribution in [0.2, 0.25) is 0 Å². The highest BCUT2D eigenvalue weighted by molar-refractivity contribution is 6.03. The average Bonchev–Trinajstić information content (AvgIpc) is 3.04. The largest absolute Gasteiger partial charge is 0.497 e. The fraction of sp³-hybridized carbons (Fsp3) is 0.150. The number of methoxy groups -OCH3 is 1. The zero-order valence-electron chi connectivity index (χ0n) is 13.1. The van der Waals surface area contributed by atoms with E-state index in [2.05, 4.69) is 52.1 Å². The quantitative estimate of drug-likeness (QED) is 0.557. The molecule has 4 aromatic rings. The Hall–Kier alpha value is -2.81. The maximum Gasteiger partial charge on any atom is 0.119 e. The molecule has 0 amide bonds. The zero-order valence-corrected chi connectivity index (χ0v) is 13.1. The zero-order chi connectivity index (χ0) is 15.6. The van der Waals surface area contributed by atoms with E-state index in [1.807, 2.05) is 24.4 Å². The third-order valence-electron chi connectivity index (χ3n) is 4.27. The van der Waals surface area contributed by atoms with Crippen LogP contribution in [0.3, 0.4) is 0 Å². The highest BCUT2D eigenvalue weighted by Crippen LogP contribution is 2.25. The minimum absolute atomic E-state index is 0.912. The number of aryl methyl sites for hydroxylation is 2. The molecule has 23 heavy (non-hydrogen) atoms. The fourth-order valence-electron chi connectivity index (χ4n) is 3.09. The van der Waals surface area contributed by atoms with Crippen molar-refractivity contribution in [3.8, 4) is 5.75 Å². The molecular formula is C20H18N2O. The summed E-state index contributed by atoms with van der Waals surface area (Å²) in [6.07, 6.45) is 5.08. The van der Waals surface area contributed by atoms with Crippen LogP contribution in [0.25, 0.3) is 21.8 Å². The lowest BCUT2D eigenvalue weighted by molar-refractivity contribution is 0.414. The predicted molar refractivity (Wildman–Crippen MR) is 93.9 cm³/mol. The lowest BCUT2D eigenvalue weighted by Gasteiger charge is -2.09. The molecule has 0 spiro atoms. The second-order valence-corrected chi connectivity index (χ2v) is 5.69. The van der Waals surface area contributed by atoms with E-state index >= 15 is 0 Å². The summed E-state index contributed by atoms with van der Waals surface area (Å²) in [5.74, 6) is 0.912. The third kappa shape index (κ3) is 2.55. The van der Waals surface area contributed by atoms with Gasteiger partial charge in [-0.25, -0.2) is 0 Å². The molecule has 2 heterocycles. The van der Waals surface area contributed by atoms with Crippen LogP contribution in [-0.4, -0.2) is 16.7 Å². The van der Waals surface area contributed by atoms with Crippen LogP contribution in [0.15, 0.2) is 67.0 Å². The summed E-state index contributed by atoms with van der Waals surface area (Å²) in [7, 11) is 1.71. The van der Waals surface area contributed by atoms with Gasteiger partial charge >= 0.3 is 0 Å². The molecule has 0 saturated heterocycles. The van der Waals surface area contributed by atoms with Crippen LogP contribution in [0.1, 0.15) is 5.56 Å². The Morgan fingerprint density at radius 3 is 2.87 bits per heavy atom. The lowest BCUT2D eigenvalue weighted by Crippen LogP contribution is -2.00. The van der Waals surface area contributed by atoms with Crippen LogP contribution in [0.5, 0.6) is 5.75 Å². The van der Waals surface area contributed by atoms with Gasteiger partial charge in [-0.05, 0) is 36.2 Å². The molecule has 4 rings (SSSR count). The first-order valence-corrected chi connectivity index (χ1v) is 7.81. The van der Waals surface area contributed by atoms with Crippen molar-refractivity contribution in [2.45, 2.75) is 13.0 Å². The van der Waals surface area contributed by atoms with Crippen LogP contribution >= 0.6 is 0 Å². The third-order valence-corrected chi connectivity index (χ3v) is 4.27. The number of aromatic nitrogens is 2. The van der Waals surface area contributed by atoms with E-state index in [0.717, 1.165) is 24.2 Å². The summed E-state index contributed by atoms with van der Waals surface area (Å²) in [6.45, 7) is 0.935. The van der Waals surface area contributed by atoms with Crippen molar-refractivity contribution in [3.05, 3.63) is 72.6 Å². The number of rotatable bonds is 4. The summed E-state index contributed by atoms with van der Waals surface area (Å²) in [6, 6.07) is 18.7. The fourth-order valence-corrected chi connectivity index (χ4v) is 3.09. The van der Waals surface area contributed by atoms with E-state index in [0.29, 0.717) is 0 Å². The first-order valence-electron chi connectivity index (χ1n) is 7.81. The highest BCUT2D eigenvalue weighted by atomic mass is 16.5. The van der Waals surface area contributed by atoms with Gasteiger partial charge in [0.2, 0.25) is 0 Å². The molecule has 0 N–H and O–H groups in total. The molecule has 0 aliphatic heterocycles. The van der Waals surface area contributed by atoms with E-state index in [1.54, 1.807) is 7.11 Å². The first-order chi connectivity index (χ1) is 11.3. The number of pyridine rings is 1.